The molecular weight excluding hydrogens is 638 g/mol. The number of benzene rings is 1. The van der Waals surface area contributed by atoms with Gasteiger partial charge in [-0.05, 0) is 55.5 Å². The molecule has 0 unspecified atom stereocenters. The van der Waals surface area contributed by atoms with Gasteiger partial charge in [0, 0.05) is 42.8 Å². The van der Waals surface area contributed by atoms with Crippen LogP contribution in [0.5, 0.6) is 5.88 Å². The molecule has 47 heavy (non-hydrogen) atoms. The number of likely N-dealkylation sites (tertiary alicyclic amines) is 1. The highest BCUT2D eigenvalue weighted by Gasteiger charge is 2.44. The highest BCUT2D eigenvalue weighted by Crippen LogP contribution is 2.47. The molecule has 4 aromatic heterocycles. The summed E-state index contributed by atoms with van der Waals surface area (Å²) in [5, 5.41) is 17.0. The summed E-state index contributed by atoms with van der Waals surface area (Å²) < 4.78 is 61.7. The summed E-state index contributed by atoms with van der Waals surface area (Å²) >= 11 is 5.88. The number of nitrogens with one attached hydrogen (secondary N) is 1. The van der Waals surface area contributed by atoms with Gasteiger partial charge < -0.3 is 14.3 Å². The quantitative estimate of drug-likeness (QED) is 0.181. The van der Waals surface area contributed by atoms with Gasteiger partial charge >= 0.3 is 6.18 Å². The number of rotatable bonds is 9. The van der Waals surface area contributed by atoms with E-state index in [1.807, 2.05) is 16.7 Å². The Morgan fingerprint density at radius 3 is 2.60 bits per heavy atom. The lowest BCUT2D eigenvalue weighted by molar-refractivity contribution is -0.144. The van der Waals surface area contributed by atoms with E-state index < -0.39 is 17.4 Å². The zero-order valence-electron chi connectivity index (χ0n) is 24.9. The van der Waals surface area contributed by atoms with Crippen molar-refractivity contribution in [2.75, 3.05) is 13.1 Å². The number of halogens is 5. The van der Waals surface area contributed by atoms with Crippen molar-refractivity contribution in [1.82, 2.24) is 39.6 Å². The van der Waals surface area contributed by atoms with Crippen molar-refractivity contribution in [2.24, 2.45) is 5.41 Å². The van der Waals surface area contributed by atoms with E-state index in [4.69, 9.17) is 21.3 Å². The Morgan fingerprint density at radius 1 is 1.09 bits per heavy atom. The number of alkyl halides is 3. The van der Waals surface area contributed by atoms with Crippen molar-refractivity contribution in [3.05, 3.63) is 82.4 Å². The Kier molecular flexibility index (Phi) is 8.05. The van der Waals surface area contributed by atoms with Crippen molar-refractivity contribution in [1.29, 1.82) is 5.26 Å². The van der Waals surface area contributed by atoms with Crippen LogP contribution in [0.25, 0.3) is 22.6 Å². The molecule has 1 aliphatic carbocycles. The lowest BCUT2D eigenvalue weighted by Gasteiger charge is -2.31. The molecule has 10 nitrogen and oxygen atoms in total. The fraction of sp³-hybridized carbons (Fsp3) is 0.375. The summed E-state index contributed by atoms with van der Waals surface area (Å²) in [6.07, 6.45) is 0.250. The first kappa shape index (κ1) is 31.0. The van der Waals surface area contributed by atoms with E-state index in [1.165, 1.54) is 6.07 Å². The Hall–Kier alpha value is -4.61. The topological polar surface area (TPSA) is 121 Å². The average Bonchev–Trinajstić information content (AvgIpc) is 3.48. The molecule has 5 aromatic rings. The van der Waals surface area contributed by atoms with E-state index in [2.05, 4.69) is 36.1 Å². The third kappa shape index (κ3) is 6.77. The number of H-pyrrole nitrogens is 1. The van der Waals surface area contributed by atoms with E-state index in [-0.39, 0.29) is 23.4 Å². The van der Waals surface area contributed by atoms with E-state index >= 15 is 0 Å². The second-order valence-corrected chi connectivity index (χ2v) is 12.5. The predicted octanol–water partition coefficient (Wildman–Crippen LogP) is 6.36. The molecule has 1 aliphatic heterocycles. The third-order valence-electron chi connectivity index (χ3n) is 8.62. The number of aromatic nitrogens is 7. The Labute approximate surface area is 271 Å². The maximum Gasteiger partial charge on any atom is 0.451 e. The van der Waals surface area contributed by atoms with Crippen LogP contribution in [0, 0.1) is 22.6 Å². The molecule has 0 radical (unpaired) electrons. The number of nitriles is 1. The zero-order valence-corrected chi connectivity index (χ0v) is 25.7. The minimum atomic E-state index is -4.66. The average molecular weight is 666 g/mol. The SMILES string of the molecule is N#CC1(Cn2c(CN3CCC(Oc4cccc(Cc5ccc(Cl)cc5F)n4)CC3)nc3cc(-c4nnc(C(F)(F)F)[nH]4)ncc32)CC1. The van der Waals surface area contributed by atoms with Crippen LogP contribution >= 0.6 is 11.6 Å². The van der Waals surface area contributed by atoms with Gasteiger partial charge in [-0.1, -0.05) is 23.7 Å². The van der Waals surface area contributed by atoms with Crippen LogP contribution in [0.3, 0.4) is 0 Å². The fourth-order valence-corrected chi connectivity index (χ4v) is 5.96. The Balaban J connectivity index is 1.04. The van der Waals surface area contributed by atoms with Crippen molar-refractivity contribution < 1.29 is 22.3 Å². The molecule has 7 rings (SSSR count). The van der Waals surface area contributed by atoms with Crippen LogP contribution in [0.1, 0.15) is 48.6 Å². The monoisotopic (exact) mass is 665 g/mol. The first-order valence-electron chi connectivity index (χ1n) is 15.1. The summed E-state index contributed by atoms with van der Waals surface area (Å²) in [5.41, 5.74) is 2.16. The van der Waals surface area contributed by atoms with E-state index in [0.29, 0.717) is 52.7 Å². The molecule has 1 aromatic carbocycles. The first-order chi connectivity index (χ1) is 22.6. The summed E-state index contributed by atoms with van der Waals surface area (Å²) in [6.45, 7) is 2.43. The number of nitrogens with zero attached hydrogens (tertiary/aromatic N) is 8. The van der Waals surface area contributed by atoms with E-state index in [9.17, 15) is 22.8 Å². The van der Waals surface area contributed by atoms with Crippen molar-refractivity contribution in [2.45, 2.75) is 57.5 Å². The highest BCUT2D eigenvalue weighted by atomic mass is 35.5. The lowest BCUT2D eigenvalue weighted by Crippen LogP contribution is -2.38. The van der Waals surface area contributed by atoms with Gasteiger partial charge in [-0.15, -0.1) is 10.2 Å². The standard InChI is InChI=1S/C32H28ClF4N9O/c33-20-5-4-19(23(34)13-20)12-21-2-1-3-28(40-21)47-22-6-10-45(11-7-22)16-27-41-24-14-25(29-42-30(44-43-29)32(35,36)37)39-15-26(24)46(27)18-31(17-38)8-9-31/h1-5,13-15,22H,6-12,16,18H2,(H,42,43,44). The van der Waals surface area contributed by atoms with Crippen molar-refractivity contribution in [3.63, 3.8) is 0 Å². The number of hydrogen-bond donors (Lipinski definition) is 1. The van der Waals surface area contributed by atoms with E-state index in [0.717, 1.165) is 44.6 Å². The van der Waals surface area contributed by atoms with Gasteiger partial charge in [-0.25, -0.2) is 14.4 Å². The number of fused-ring (bicyclic) bond motifs is 1. The summed E-state index contributed by atoms with van der Waals surface area (Å²) in [4.78, 5) is 18.2. The van der Waals surface area contributed by atoms with Crippen LogP contribution in [-0.2, 0) is 25.7 Å². The summed E-state index contributed by atoms with van der Waals surface area (Å²) in [5.74, 6) is -0.449. The second-order valence-electron chi connectivity index (χ2n) is 12.1. The Bertz CT molecular complexity index is 1970. The number of imidazole rings is 1. The van der Waals surface area contributed by atoms with Crippen LogP contribution in [0.2, 0.25) is 5.02 Å². The molecule has 0 bridgehead atoms. The normalized spacial score (nSPS) is 16.8. The van der Waals surface area contributed by atoms with Crippen LogP contribution in [0.15, 0.2) is 48.7 Å². The largest absolute Gasteiger partial charge is 0.474 e. The van der Waals surface area contributed by atoms with Crippen molar-refractivity contribution >= 4 is 22.6 Å². The maximum atomic E-state index is 14.3. The smallest absolute Gasteiger partial charge is 0.451 e. The Morgan fingerprint density at radius 2 is 1.89 bits per heavy atom. The lowest BCUT2D eigenvalue weighted by atomic mass is 10.1. The number of piperidine rings is 1. The zero-order chi connectivity index (χ0) is 32.8. The molecule has 1 saturated carbocycles. The molecule has 0 spiro atoms. The number of pyridine rings is 2. The maximum absolute atomic E-state index is 14.3. The molecule has 242 valence electrons. The van der Waals surface area contributed by atoms with Gasteiger partial charge in [0.1, 0.15) is 23.4 Å². The minimum absolute atomic E-state index is 0.0522. The molecule has 2 fully saturated rings. The molecule has 15 heteroatoms. The van der Waals surface area contributed by atoms with Gasteiger partial charge in [0.05, 0.1) is 35.3 Å². The minimum Gasteiger partial charge on any atom is -0.474 e. The van der Waals surface area contributed by atoms with Gasteiger partial charge in [0.15, 0.2) is 5.82 Å². The molecule has 2 aliphatic rings. The molecule has 5 heterocycles. The van der Waals surface area contributed by atoms with Crippen LogP contribution in [0.4, 0.5) is 17.6 Å². The van der Waals surface area contributed by atoms with Crippen LogP contribution < -0.4 is 4.74 Å². The number of ether oxygens (including phenoxy) is 1. The molecule has 1 N–H and O–H groups in total. The highest BCUT2D eigenvalue weighted by molar-refractivity contribution is 6.30. The van der Waals surface area contributed by atoms with Gasteiger partial charge in [0.2, 0.25) is 11.7 Å². The first-order valence-corrected chi connectivity index (χ1v) is 15.5. The molecule has 0 atom stereocenters. The number of hydrogen-bond acceptors (Lipinski definition) is 8. The van der Waals surface area contributed by atoms with E-state index in [1.54, 1.807) is 30.5 Å². The van der Waals surface area contributed by atoms with Crippen LogP contribution in [-0.4, -0.2) is 58.8 Å². The van der Waals surface area contributed by atoms with Gasteiger partial charge in [-0.2, -0.15) is 18.4 Å². The van der Waals surface area contributed by atoms with Gasteiger partial charge in [-0.3, -0.25) is 9.88 Å². The summed E-state index contributed by atoms with van der Waals surface area (Å²) in [6, 6.07) is 14.1. The molecular formula is C32H28ClF4N9O. The second kappa shape index (κ2) is 12.2. The third-order valence-corrected chi connectivity index (χ3v) is 8.85. The number of aromatic amines is 1. The van der Waals surface area contributed by atoms with Gasteiger partial charge in [0.25, 0.3) is 0 Å². The van der Waals surface area contributed by atoms with Crippen molar-refractivity contribution in [3.8, 4) is 23.5 Å². The fourth-order valence-electron chi connectivity index (χ4n) is 5.80. The molecule has 1 saturated heterocycles. The predicted molar refractivity (Wildman–Crippen MR) is 163 cm³/mol. The molecule has 0 amide bonds. The summed E-state index contributed by atoms with van der Waals surface area (Å²) in [7, 11) is 0.